The van der Waals surface area contributed by atoms with Crippen molar-refractivity contribution in [2.45, 2.75) is 32.6 Å². The Morgan fingerprint density at radius 3 is 2.41 bits per heavy atom. The molecule has 34 heavy (non-hydrogen) atoms. The lowest BCUT2D eigenvalue weighted by Gasteiger charge is -2.07. The minimum absolute atomic E-state index is 0.0664. The number of fused-ring (bicyclic) bond motifs is 1. The number of thiazole rings is 1. The van der Waals surface area contributed by atoms with Crippen LogP contribution in [0.5, 0.6) is 0 Å². The Balaban J connectivity index is 1.64. The zero-order chi connectivity index (χ0) is 23.7. The maximum atomic E-state index is 11.1. The van der Waals surface area contributed by atoms with Gasteiger partial charge in [0.15, 0.2) is 0 Å². The third-order valence-electron chi connectivity index (χ3n) is 6.02. The fourth-order valence-corrected chi connectivity index (χ4v) is 4.95. The summed E-state index contributed by atoms with van der Waals surface area (Å²) >= 11 is 1.51. The smallest absolute Gasteiger partial charge is 0.258 e. The molecule has 7 heteroatoms. The highest BCUT2D eigenvalue weighted by Gasteiger charge is 2.19. The molecule has 0 radical (unpaired) electrons. The second kappa shape index (κ2) is 9.19. The van der Waals surface area contributed by atoms with Gasteiger partial charge in [0.2, 0.25) is 4.80 Å². The van der Waals surface area contributed by atoms with E-state index in [1.54, 1.807) is 12.1 Å². The Hall–Kier alpha value is -3.84. The van der Waals surface area contributed by atoms with E-state index in [0.29, 0.717) is 5.92 Å². The van der Waals surface area contributed by atoms with Crippen LogP contribution >= 0.6 is 11.3 Å². The van der Waals surface area contributed by atoms with E-state index in [1.807, 2.05) is 28.3 Å². The van der Waals surface area contributed by atoms with Crippen LogP contribution in [-0.4, -0.2) is 15.3 Å². The average Bonchev–Trinajstić information content (AvgIpc) is 3.44. The summed E-state index contributed by atoms with van der Waals surface area (Å²) in [4.78, 5) is 16.4. The normalized spacial score (nSPS) is 14.7. The predicted octanol–water partition coefficient (Wildman–Crippen LogP) is 6.68. The second-order valence-electron chi connectivity index (χ2n) is 8.58. The molecule has 0 bridgehead atoms. The summed E-state index contributed by atoms with van der Waals surface area (Å²) in [6.07, 6.45) is 1.83. The van der Waals surface area contributed by atoms with Gasteiger partial charge in [-0.15, -0.1) is 11.3 Å². The molecule has 0 N–H and O–H groups in total. The zero-order valence-corrected chi connectivity index (χ0v) is 19.8. The summed E-state index contributed by atoms with van der Waals surface area (Å²) in [5.74, 6) is 0.461. The molecule has 3 aromatic carbocycles. The van der Waals surface area contributed by atoms with Crippen LogP contribution in [0.4, 0.5) is 11.4 Å². The summed E-state index contributed by atoms with van der Waals surface area (Å²) in [6, 6.07) is 23.2. The molecular weight excluding hydrogens is 444 g/mol. The van der Waals surface area contributed by atoms with E-state index in [-0.39, 0.29) is 10.6 Å². The van der Waals surface area contributed by atoms with Crippen LogP contribution in [0, 0.1) is 10.1 Å². The molecule has 0 fully saturated rings. The first-order valence-corrected chi connectivity index (χ1v) is 12.1. The fourth-order valence-electron chi connectivity index (χ4n) is 4.10. The van der Waals surface area contributed by atoms with Crippen LogP contribution in [0.25, 0.3) is 11.3 Å². The van der Waals surface area contributed by atoms with Crippen molar-refractivity contribution in [1.29, 1.82) is 0 Å². The first-order chi connectivity index (χ1) is 16.5. The van der Waals surface area contributed by atoms with Crippen molar-refractivity contribution in [2.24, 2.45) is 10.1 Å². The lowest BCUT2D eigenvalue weighted by atomic mass is 10.0. The first-order valence-electron chi connectivity index (χ1n) is 11.3. The van der Waals surface area contributed by atoms with Crippen LogP contribution in [0.2, 0.25) is 0 Å². The summed E-state index contributed by atoms with van der Waals surface area (Å²) < 4.78 is 1.87. The van der Waals surface area contributed by atoms with Gasteiger partial charge >= 0.3 is 0 Å². The highest BCUT2D eigenvalue weighted by Crippen LogP contribution is 2.27. The Bertz CT molecular complexity index is 1450. The molecule has 1 heterocycles. The van der Waals surface area contributed by atoms with Gasteiger partial charge in [-0.3, -0.25) is 10.1 Å². The van der Waals surface area contributed by atoms with Crippen molar-refractivity contribution in [3.05, 3.63) is 110 Å². The molecular formula is C27H24N4O2S. The largest absolute Gasteiger partial charge is 0.269 e. The van der Waals surface area contributed by atoms with Gasteiger partial charge in [0.1, 0.15) is 0 Å². The number of non-ortho nitro benzene ring substituents is 1. The van der Waals surface area contributed by atoms with Crippen LogP contribution in [0.3, 0.4) is 0 Å². The lowest BCUT2D eigenvalue weighted by molar-refractivity contribution is -0.384. The Morgan fingerprint density at radius 1 is 0.971 bits per heavy atom. The number of rotatable bonds is 5. The summed E-state index contributed by atoms with van der Waals surface area (Å²) in [7, 11) is 0. The molecule has 1 aromatic heterocycles. The molecule has 1 aliphatic carbocycles. The molecule has 170 valence electrons. The van der Waals surface area contributed by atoms with Crippen molar-refractivity contribution >= 4 is 28.4 Å². The molecule has 6 nitrogen and oxygen atoms in total. The highest BCUT2D eigenvalue weighted by atomic mass is 32.1. The maximum Gasteiger partial charge on any atom is 0.269 e. The van der Waals surface area contributed by atoms with Gasteiger partial charge < -0.3 is 0 Å². The van der Waals surface area contributed by atoms with Gasteiger partial charge in [0.25, 0.3) is 5.69 Å². The minimum atomic E-state index is -0.386. The number of nitro groups is 1. The van der Waals surface area contributed by atoms with E-state index in [9.17, 15) is 10.1 Å². The van der Waals surface area contributed by atoms with E-state index in [1.165, 1.54) is 40.2 Å². The molecule has 0 saturated heterocycles. The van der Waals surface area contributed by atoms with Gasteiger partial charge in [-0.1, -0.05) is 50.2 Å². The molecule has 0 amide bonds. The Labute approximate surface area is 201 Å². The molecule has 0 spiro atoms. The lowest BCUT2D eigenvalue weighted by Crippen LogP contribution is -2.14. The topological polar surface area (TPSA) is 72.8 Å². The third-order valence-corrected chi connectivity index (χ3v) is 6.84. The van der Waals surface area contributed by atoms with Crippen molar-refractivity contribution in [3.8, 4) is 11.3 Å². The summed E-state index contributed by atoms with van der Waals surface area (Å²) in [5, 5.41) is 18.2. The molecule has 0 saturated carbocycles. The molecule has 0 aliphatic heterocycles. The number of aryl methyl sites for hydroxylation is 1. The number of nitrogens with zero attached hydrogens (tertiary/aromatic N) is 4. The Morgan fingerprint density at radius 2 is 1.71 bits per heavy atom. The maximum absolute atomic E-state index is 11.1. The number of hydrogen-bond acceptors (Lipinski definition) is 5. The molecule has 4 aromatic rings. The number of aromatic nitrogens is 1. The standard InChI is InChI=1S/C27H24N4O2S/c1-18(2)19-7-12-22(13-8-19)28-27-30(29-25-16-11-20-5-3-4-6-24(20)25)26(17-34-27)21-9-14-23(15-10-21)31(32)33/h3-10,12-15,17-18H,11,16H2,1-2H3. The first kappa shape index (κ1) is 22.0. The van der Waals surface area contributed by atoms with Gasteiger partial charge in [-0.2, -0.15) is 5.10 Å². The monoisotopic (exact) mass is 468 g/mol. The number of benzene rings is 3. The van der Waals surface area contributed by atoms with Gasteiger partial charge in [-0.25, -0.2) is 9.67 Å². The van der Waals surface area contributed by atoms with Crippen LogP contribution in [0.15, 0.2) is 88.3 Å². The minimum Gasteiger partial charge on any atom is -0.258 e. The zero-order valence-electron chi connectivity index (χ0n) is 19.0. The van der Waals surface area contributed by atoms with E-state index < -0.39 is 0 Å². The predicted molar refractivity (Wildman–Crippen MR) is 137 cm³/mol. The average molecular weight is 469 g/mol. The Kier molecular flexibility index (Phi) is 5.94. The van der Waals surface area contributed by atoms with E-state index in [0.717, 1.165) is 40.3 Å². The van der Waals surface area contributed by atoms with Crippen molar-refractivity contribution < 1.29 is 4.92 Å². The number of hydrogen-bond donors (Lipinski definition) is 0. The van der Waals surface area contributed by atoms with Crippen LogP contribution < -0.4 is 4.80 Å². The molecule has 0 unspecified atom stereocenters. The van der Waals surface area contributed by atoms with Gasteiger partial charge in [-0.05, 0) is 54.2 Å². The summed E-state index contributed by atoms with van der Waals surface area (Å²) in [5.41, 5.74) is 7.41. The highest BCUT2D eigenvalue weighted by molar-refractivity contribution is 7.07. The van der Waals surface area contributed by atoms with E-state index in [2.05, 4.69) is 44.2 Å². The van der Waals surface area contributed by atoms with Gasteiger partial charge in [0, 0.05) is 28.6 Å². The summed E-state index contributed by atoms with van der Waals surface area (Å²) in [6.45, 7) is 4.34. The third kappa shape index (κ3) is 4.34. The van der Waals surface area contributed by atoms with Crippen molar-refractivity contribution in [2.75, 3.05) is 0 Å². The van der Waals surface area contributed by atoms with Crippen LogP contribution in [-0.2, 0) is 6.42 Å². The van der Waals surface area contributed by atoms with Crippen molar-refractivity contribution in [3.63, 3.8) is 0 Å². The fraction of sp³-hybridized carbons (Fsp3) is 0.185. The molecule has 5 rings (SSSR count). The van der Waals surface area contributed by atoms with Crippen LogP contribution in [0.1, 0.15) is 42.9 Å². The van der Waals surface area contributed by atoms with Crippen molar-refractivity contribution in [1.82, 2.24) is 4.68 Å². The SMILES string of the molecule is CC(C)c1ccc(N=c2scc(-c3ccc([N+](=O)[O-])cc3)n2N=C2CCc3ccccc32)cc1. The molecule has 1 aliphatic rings. The molecule has 0 atom stereocenters. The van der Waals surface area contributed by atoms with E-state index in [4.69, 9.17) is 10.1 Å². The van der Waals surface area contributed by atoms with Gasteiger partial charge in [0.05, 0.1) is 22.0 Å². The van der Waals surface area contributed by atoms with E-state index >= 15 is 0 Å². The number of nitro benzene ring substituents is 1. The second-order valence-corrected chi connectivity index (χ2v) is 9.42. The quantitative estimate of drug-likeness (QED) is 0.242.